The largest absolute Gasteiger partial charge is 0.481 e. The molecule has 4 heteroatoms. The standard InChI is InChI=1S/C12H19NO3/c14-11(7-9-3-1-4-9)13-6-2-5-10(8-13)12(15)16/h9-10H,1-8H2,(H,15,16)/t10-/m1/s1. The maximum absolute atomic E-state index is 11.9. The molecule has 90 valence electrons. The van der Waals surface area contributed by atoms with Gasteiger partial charge in [0.15, 0.2) is 0 Å². The lowest BCUT2D eigenvalue weighted by Crippen LogP contribution is -2.43. The molecule has 1 amide bonds. The molecule has 1 saturated heterocycles. The third kappa shape index (κ3) is 2.54. The lowest BCUT2D eigenvalue weighted by atomic mass is 9.82. The minimum Gasteiger partial charge on any atom is -0.481 e. The Morgan fingerprint density at radius 2 is 1.94 bits per heavy atom. The van der Waals surface area contributed by atoms with Gasteiger partial charge >= 0.3 is 5.97 Å². The molecule has 1 aliphatic carbocycles. The van der Waals surface area contributed by atoms with Crippen LogP contribution in [0.5, 0.6) is 0 Å². The third-order valence-electron chi connectivity index (χ3n) is 3.81. The van der Waals surface area contributed by atoms with E-state index < -0.39 is 5.97 Å². The molecule has 0 bridgehead atoms. The van der Waals surface area contributed by atoms with Crippen LogP contribution in [0.4, 0.5) is 0 Å². The summed E-state index contributed by atoms with van der Waals surface area (Å²) in [6.07, 6.45) is 5.75. The predicted molar refractivity (Wildman–Crippen MR) is 58.9 cm³/mol. The maximum atomic E-state index is 11.9. The van der Waals surface area contributed by atoms with Gasteiger partial charge < -0.3 is 10.0 Å². The third-order valence-corrected chi connectivity index (χ3v) is 3.81. The van der Waals surface area contributed by atoms with Crippen LogP contribution < -0.4 is 0 Å². The SMILES string of the molecule is O=C(O)[C@@H]1CCCN(C(=O)CC2CCC2)C1. The number of carbonyl (C=O) groups excluding carboxylic acids is 1. The number of nitrogens with zero attached hydrogens (tertiary/aromatic N) is 1. The van der Waals surface area contributed by atoms with Crippen molar-refractivity contribution >= 4 is 11.9 Å². The zero-order valence-corrected chi connectivity index (χ0v) is 9.52. The van der Waals surface area contributed by atoms with Crippen molar-refractivity contribution in [1.82, 2.24) is 4.90 Å². The van der Waals surface area contributed by atoms with Crippen LogP contribution in [-0.4, -0.2) is 35.0 Å². The number of hydrogen-bond acceptors (Lipinski definition) is 2. The Bertz CT molecular complexity index is 286. The van der Waals surface area contributed by atoms with Crippen molar-refractivity contribution in [1.29, 1.82) is 0 Å². The normalized spacial score (nSPS) is 26.2. The van der Waals surface area contributed by atoms with Crippen molar-refractivity contribution in [3.8, 4) is 0 Å². The molecule has 2 rings (SSSR count). The number of carboxylic acids is 1. The van der Waals surface area contributed by atoms with Crippen molar-refractivity contribution in [3.05, 3.63) is 0 Å². The second-order valence-electron chi connectivity index (χ2n) is 5.02. The maximum Gasteiger partial charge on any atom is 0.308 e. The van der Waals surface area contributed by atoms with Gasteiger partial charge in [0.25, 0.3) is 0 Å². The van der Waals surface area contributed by atoms with Crippen LogP contribution in [0.15, 0.2) is 0 Å². The van der Waals surface area contributed by atoms with Gasteiger partial charge in [0.05, 0.1) is 5.92 Å². The van der Waals surface area contributed by atoms with E-state index in [9.17, 15) is 9.59 Å². The monoisotopic (exact) mass is 225 g/mol. The highest BCUT2D eigenvalue weighted by Crippen LogP contribution is 2.30. The van der Waals surface area contributed by atoms with Gasteiger partial charge in [0.2, 0.25) is 5.91 Å². The Kier molecular flexibility index (Phi) is 3.46. The molecule has 1 N–H and O–H groups in total. The van der Waals surface area contributed by atoms with Crippen molar-refractivity contribution in [3.63, 3.8) is 0 Å². The van der Waals surface area contributed by atoms with E-state index in [2.05, 4.69) is 0 Å². The Labute approximate surface area is 95.6 Å². The first-order chi connectivity index (χ1) is 7.66. The summed E-state index contributed by atoms with van der Waals surface area (Å²) in [5.74, 6) is -0.381. The molecule has 0 unspecified atom stereocenters. The lowest BCUT2D eigenvalue weighted by molar-refractivity contribution is -0.146. The summed E-state index contributed by atoms with van der Waals surface area (Å²) in [6, 6.07) is 0. The summed E-state index contributed by atoms with van der Waals surface area (Å²) in [5, 5.41) is 8.94. The molecule has 0 aromatic heterocycles. The van der Waals surface area contributed by atoms with Gasteiger partial charge in [-0.25, -0.2) is 0 Å². The van der Waals surface area contributed by atoms with E-state index in [1.54, 1.807) is 4.90 Å². The number of carboxylic acid groups (broad SMARTS) is 1. The quantitative estimate of drug-likeness (QED) is 0.791. The fourth-order valence-corrected chi connectivity index (χ4v) is 2.48. The Morgan fingerprint density at radius 1 is 1.19 bits per heavy atom. The second-order valence-corrected chi connectivity index (χ2v) is 5.02. The van der Waals surface area contributed by atoms with Gasteiger partial charge in [0, 0.05) is 19.5 Å². The van der Waals surface area contributed by atoms with Gasteiger partial charge in [0.1, 0.15) is 0 Å². The predicted octanol–water partition coefficient (Wildman–Crippen LogP) is 1.50. The molecular formula is C12H19NO3. The van der Waals surface area contributed by atoms with Crippen LogP contribution in [0.1, 0.15) is 38.5 Å². The van der Waals surface area contributed by atoms with Crippen molar-refractivity contribution < 1.29 is 14.7 Å². The van der Waals surface area contributed by atoms with Crippen molar-refractivity contribution in [2.45, 2.75) is 38.5 Å². The smallest absolute Gasteiger partial charge is 0.308 e. The summed E-state index contributed by atoms with van der Waals surface area (Å²) >= 11 is 0. The van der Waals surface area contributed by atoms with Crippen LogP contribution >= 0.6 is 0 Å². The van der Waals surface area contributed by atoms with Crippen LogP contribution in [-0.2, 0) is 9.59 Å². The summed E-state index contributed by atoms with van der Waals surface area (Å²) in [5.41, 5.74) is 0. The van der Waals surface area contributed by atoms with Gasteiger partial charge in [-0.15, -0.1) is 0 Å². The Morgan fingerprint density at radius 3 is 2.50 bits per heavy atom. The zero-order chi connectivity index (χ0) is 11.5. The van der Waals surface area contributed by atoms with Gasteiger partial charge in [-0.05, 0) is 31.6 Å². The molecule has 0 radical (unpaired) electrons. The van der Waals surface area contributed by atoms with Crippen molar-refractivity contribution in [2.75, 3.05) is 13.1 Å². The first-order valence-electron chi connectivity index (χ1n) is 6.17. The number of amides is 1. The summed E-state index contributed by atoms with van der Waals surface area (Å²) in [6.45, 7) is 1.16. The average Bonchev–Trinajstić information content (AvgIpc) is 2.23. The molecule has 0 spiro atoms. The summed E-state index contributed by atoms with van der Waals surface area (Å²) in [7, 11) is 0. The van der Waals surface area contributed by atoms with Gasteiger partial charge in [-0.3, -0.25) is 9.59 Å². The van der Waals surface area contributed by atoms with E-state index in [1.807, 2.05) is 0 Å². The fraction of sp³-hybridized carbons (Fsp3) is 0.833. The zero-order valence-electron chi connectivity index (χ0n) is 9.52. The van der Waals surface area contributed by atoms with Crippen LogP contribution in [0.2, 0.25) is 0 Å². The lowest BCUT2D eigenvalue weighted by Gasteiger charge is -2.33. The van der Waals surface area contributed by atoms with E-state index in [0.29, 0.717) is 25.3 Å². The first-order valence-corrected chi connectivity index (χ1v) is 6.17. The number of hydrogen-bond donors (Lipinski definition) is 1. The second kappa shape index (κ2) is 4.85. The van der Waals surface area contributed by atoms with Crippen LogP contribution in [0, 0.1) is 11.8 Å². The van der Waals surface area contributed by atoms with Crippen LogP contribution in [0.25, 0.3) is 0 Å². The van der Waals surface area contributed by atoms with Gasteiger partial charge in [-0.2, -0.15) is 0 Å². The summed E-state index contributed by atoms with van der Waals surface area (Å²) in [4.78, 5) is 24.5. The molecule has 1 heterocycles. The van der Waals surface area contributed by atoms with Crippen molar-refractivity contribution in [2.24, 2.45) is 11.8 Å². The number of piperidine rings is 1. The molecule has 2 fully saturated rings. The van der Waals surface area contributed by atoms with Crippen LogP contribution in [0.3, 0.4) is 0 Å². The molecule has 0 aromatic carbocycles. The topological polar surface area (TPSA) is 57.6 Å². The number of carbonyl (C=O) groups is 2. The molecule has 16 heavy (non-hydrogen) atoms. The van der Waals surface area contributed by atoms with E-state index in [-0.39, 0.29) is 11.8 Å². The molecule has 1 aliphatic heterocycles. The molecule has 2 aliphatic rings. The minimum absolute atomic E-state index is 0.163. The van der Waals surface area contributed by atoms with E-state index in [0.717, 1.165) is 13.0 Å². The highest BCUT2D eigenvalue weighted by atomic mass is 16.4. The molecule has 0 aromatic rings. The molecule has 1 saturated carbocycles. The number of aliphatic carboxylic acids is 1. The van der Waals surface area contributed by atoms with E-state index in [4.69, 9.17) is 5.11 Å². The fourth-order valence-electron chi connectivity index (χ4n) is 2.48. The number of rotatable bonds is 3. The highest BCUT2D eigenvalue weighted by Gasteiger charge is 2.30. The molecule has 4 nitrogen and oxygen atoms in total. The molecular weight excluding hydrogens is 206 g/mol. The minimum atomic E-state index is -0.763. The van der Waals surface area contributed by atoms with E-state index in [1.165, 1.54) is 19.3 Å². The summed E-state index contributed by atoms with van der Waals surface area (Å²) < 4.78 is 0. The first kappa shape index (κ1) is 11.4. The number of likely N-dealkylation sites (tertiary alicyclic amines) is 1. The van der Waals surface area contributed by atoms with Gasteiger partial charge in [-0.1, -0.05) is 6.42 Å². The highest BCUT2D eigenvalue weighted by molar-refractivity contribution is 5.78. The van der Waals surface area contributed by atoms with E-state index >= 15 is 0 Å². The average molecular weight is 225 g/mol. The Hall–Kier alpha value is -1.06. The molecule has 1 atom stereocenters. The Balaban J connectivity index is 1.83.